The molecule has 0 aliphatic rings. The van der Waals surface area contributed by atoms with E-state index in [1.165, 1.54) is 11.3 Å². The van der Waals surface area contributed by atoms with Crippen LogP contribution in [0, 0.1) is 0 Å². The van der Waals surface area contributed by atoms with E-state index in [1.807, 2.05) is 42.5 Å². The van der Waals surface area contributed by atoms with Crippen LogP contribution < -0.4 is 14.2 Å². The fraction of sp³-hybridized carbons (Fsp3) is 0.241. The third-order valence-electron chi connectivity index (χ3n) is 6.51. The van der Waals surface area contributed by atoms with Gasteiger partial charge in [-0.1, -0.05) is 19.1 Å². The predicted molar refractivity (Wildman–Crippen MR) is 158 cm³/mol. The zero-order chi connectivity index (χ0) is 28.7. The van der Waals surface area contributed by atoms with Crippen LogP contribution in [-0.2, 0) is 13.0 Å². The van der Waals surface area contributed by atoms with Gasteiger partial charge in [0.2, 0.25) is 4.96 Å². The fourth-order valence-electron chi connectivity index (χ4n) is 4.38. The molecule has 0 unspecified atom stereocenters. The third kappa shape index (κ3) is 5.11. The van der Waals surface area contributed by atoms with E-state index >= 15 is 0 Å². The molecule has 41 heavy (non-hydrogen) atoms. The number of nitrogens with zero attached hydrogens (tertiary/aromatic N) is 5. The van der Waals surface area contributed by atoms with Gasteiger partial charge in [-0.25, -0.2) is 14.5 Å². The second kappa shape index (κ2) is 10.9. The van der Waals surface area contributed by atoms with Gasteiger partial charge in [-0.2, -0.15) is 0 Å². The minimum atomic E-state index is -0.0318. The molecule has 2 aromatic carbocycles. The van der Waals surface area contributed by atoms with Gasteiger partial charge in [0.1, 0.15) is 34.4 Å². The number of aryl methyl sites for hydroxylation is 1. The number of carbonyl (C=O) groups excluding carboxylic acids is 1. The number of aromatic nitrogens is 4. The van der Waals surface area contributed by atoms with Crippen LogP contribution in [0.4, 0.5) is 0 Å². The summed E-state index contributed by atoms with van der Waals surface area (Å²) in [6, 6.07) is 13.1. The van der Waals surface area contributed by atoms with Crippen molar-refractivity contribution in [1.82, 2.24) is 24.5 Å². The Balaban J connectivity index is 1.27. The number of carbonyl (C=O) groups is 1. The molecule has 0 radical (unpaired) electrons. The Morgan fingerprint density at radius 1 is 1.05 bits per heavy atom. The Labute approximate surface area is 243 Å². The van der Waals surface area contributed by atoms with E-state index in [1.54, 1.807) is 55.3 Å². The highest BCUT2D eigenvalue weighted by molar-refractivity contribution is 7.18. The zero-order valence-corrected chi connectivity index (χ0v) is 24.8. The van der Waals surface area contributed by atoms with Crippen molar-refractivity contribution < 1.29 is 23.4 Å². The van der Waals surface area contributed by atoms with Crippen LogP contribution in [0.15, 0.2) is 53.1 Å². The molecule has 6 rings (SSSR count). The molecule has 0 saturated heterocycles. The summed E-state index contributed by atoms with van der Waals surface area (Å²) in [6.07, 6.45) is 2.63. The van der Waals surface area contributed by atoms with Gasteiger partial charge >= 0.3 is 0 Å². The van der Waals surface area contributed by atoms with Crippen LogP contribution in [0.1, 0.15) is 27.9 Å². The van der Waals surface area contributed by atoms with Crippen LogP contribution in [0.2, 0.25) is 0 Å². The van der Waals surface area contributed by atoms with E-state index in [-0.39, 0.29) is 12.5 Å². The normalized spacial score (nSPS) is 11.3. The van der Waals surface area contributed by atoms with Crippen molar-refractivity contribution in [2.24, 2.45) is 0 Å². The molecule has 0 N–H and O–H groups in total. The van der Waals surface area contributed by atoms with E-state index in [4.69, 9.17) is 23.6 Å². The van der Waals surface area contributed by atoms with Crippen LogP contribution in [0.3, 0.4) is 0 Å². The quantitative estimate of drug-likeness (QED) is 0.197. The van der Waals surface area contributed by atoms with Crippen LogP contribution in [0.25, 0.3) is 38.0 Å². The molecule has 0 aliphatic heterocycles. The van der Waals surface area contributed by atoms with Gasteiger partial charge in [0.05, 0.1) is 31.5 Å². The monoisotopic (exact) mass is 589 g/mol. The average molecular weight is 590 g/mol. The second-order valence-corrected chi connectivity index (χ2v) is 11.4. The van der Waals surface area contributed by atoms with Crippen molar-refractivity contribution in [2.45, 2.75) is 20.0 Å². The molecule has 4 aromatic heterocycles. The lowest BCUT2D eigenvalue weighted by atomic mass is 10.1. The molecule has 0 saturated carbocycles. The maximum Gasteiger partial charge on any atom is 0.294 e. The number of furan rings is 1. The molecule has 10 nitrogen and oxygen atoms in total. The highest BCUT2D eigenvalue weighted by Crippen LogP contribution is 2.38. The van der Waals surface area contributed by atoms with Gasteiger partial charge in [-0.3, -0.25) is 4.79 Å². The number of benzene rings is 2. The second-order valence-electron chi connectivity index (χ2n) is 9.38. The topological polar surface area (TPSA) is 104 Å². The van der Waals surface area contributed by atoms with E-state index in [0.29, 0.717) is 44.3 Å². The largest absolute Gasteiger partial charge is 0.496 e. The number of amides is 1. The number of hydrogen-bond acceptors (Lipinski definition) is 10. The molecular formula is C29H27N5O5S2. The van der Waals surface area contributed by atoms with Crippen molar-refractivity contribution in [2.75, 3.05) is 28.3 Å². The highest BCUT2D eigenvalue weighted by atomic mass is 32.1. The van der Waals surface area contributed by atoms with E-state index in [2.05, 4.69) is 17.0 Å². The maximum absolute atomic E-state index is 12.3. The molecule has 1 amide bonds. The highest BCUT2D eigenvalue weighted by Gasteiger charge is 2.19. The molecule has 12 heteroatoms. The Kier molecular flexibility index (Phi) is 7.10. The summed E-state index contributed by atoms with van der Waals surface area (Å²) in [6.45, 7) is 2.38. The Morgan fingerprint density at radius 2 is 1.85 bits per heavy atom. The van der Waals surface area contributed by atoms with Crippen molar-refractivity contribution in [3.63, 3.8) is 0 Å². The summed E-state index contributed by atoms with van der Waals surface area (Å²) >= 11 is 2.98. The first-order valence-electron chi connectivity index (χ1n) is 12.8. The first-order chi connectivity index (χ1) is 19.9. The predicted octanol–water partition coefficient (Wildman–Crippen LogP) is 6.19. The number of ether oxygens (including phenoxy) is 3. The molecule has 0 atom stereocenters. The molecule has 0 fully saturated rings. The average Bonchev–Trinajstić information content (AvgIpc) is 3.76. The Bertz CT molecular complexity index is 1830. The Morgan fingerprint density at radius 3 is 2.54 bits per heavy atom. The van der Waals surface area contributed by atoms with E-state index in [9.17, 15) is 4.79 Å². The summed E-state index contributed by atoms with van der Waals surface area (Å²) in [4.78, 5) is 25.2. The summed E-state index contributed by atoms with van der Waals surface area (Å²) in [5.74, 6) is 1.80. The standard InChI is InChI=1S/C29H27N5O5S2/c1-6-25-21(30-26(40-25)16-7-9-17(10-8-16)27(35)33(2)3)15-38-22-11-18(36-4)12-23-19(22)13-24(39-23)20-14-34-28(31-20)41-29(32-34)37-5/h7-14H,6,15H2,1-5H3. The summed E-state index contributed by atoms with van der Waals surface area (Å²) in [5.41, 5.74) is 3.75. The number of fused-ring (bicyclic) bond motifs is 2. The van der Waals surface area contributed by atoms with Crippen LogP contribution in [-0.4, -0.2) is 58.7 Å². The first kappa shape index (κ1) is 26.8. The van der Waals surface area contributed by atoms with Gasteiger partial charge in [0.15, 0.2) is 5.76 Å². The molecule has 4 heterocycles. The van der Waals surface area contributed by atoms with Crippen molar-refractivity contribution in [3.8, 4) is 38.7 Å². The van der Waals surface area contributed by atoms with Gasteiger partial charge in [-0.15, -0.1) is 16.4 Å². The zero-order valence-electron chi connectivity index (χ0n) is 23.1. The summed E-state index contributed by atoms with van der Waals surface area (Å²) in [5, 5.41) is 6.57. The van der Waals surface area contributed by atoms with Crippen molar-refractivity contribution >= 4 is 44.5 Å². The lowest BCUT2D eigenvalue weighted by Crippen LogP contribution is -2.21. The van der Waals surface area contributed by atoms with Gasteiger partial charge in [-0.05, 0) is 36.0 Å². The van der Waals surface area contributed by atoms with Crippen LogP contribution >= 0.6 is 22.7 Å². The number of thiazole rings is 1. The third-order valence-corrected chi connectivity index (χ3v) is 8.68. The number of rotatable bonds is 9. The van der Waals surface area contributed by atoms with E-state index < -0.39 is 0 Å². The lowest BCUT2D eigenvalue weighted by Gasteiger charge is -2.10. The summed E-state index contributed by atoms with van der Waals surface area (Å²) < 4.78 is 24.9. The van der Waals surface area contributed by atoms with Gasteiger partial charge < -0.3 is 23.5 Å². The molecule has 6 aromatic rings. The lowest BCUT2D eigenvalue weighted by molar-refractivity contribution is 0.0827. The molecule has 210 valence electrons. The Hall–Kier alpha value is -4.42. The number of hydrogen-bond donors (Lipinski definition) is 0. The van der Waals surface area contributed by atoms with Crippen molar-refractivity contribution in [1.29, 1.82) is 0 Å². The van der Waals surface area contributed by atoms with E-state index in [0.717, 1.165) is 32.9 Å². The van der Waals surface area contributed by atoms with Gasteiger partial charge in [0, 0.05) is 42.2 Å². The maximum atomic E-state index is 12.3. The first-order valence-corrected chi connectivity index (χ1v) is 14.5. The molecular weight excluding hydrogens is 562 g/mol. The minimum absolute atomic E-state index is 0.0318. The number of imidazole rings is 1. The summed E-state index contributed by atoms with van der Waals surface area (Å²) in [7, 11) is 6.67. The molecule has 0 bridgehead atoms. The molecule has 0 spiro atoms. The van der Waals surface area contributed by atoms with Crippen LogP contribution in [0.5, 0.6) is 16.7 Å². The SMILES string of the molecule is CCc1sc(-c2ccc(C(=O)N(C)C)cc2)nc1COc1cc(OC)cc2oc(-c3cn4nc(OC)sc4n3)cc12. The van der Waals surface area contributed by atoms with Crippen molar-refractivity contribution in [3.05, 3.63) is 64.8 Å². The van der Waals surface area contributed by atoms with Gasteiger partial charge in [0.25, 0.3) is 11.1 Å². The smallest absolute Gasteiger partial charge is 0.294 e. The molecule has 0 aliphatic carbocycles. The fourth-order valence-corrected chi connectivity index (χ4v) is 6.09. The number of methoxy groups -OCH3 is 2. The minimum Gasteiger partial charge on any atom is -0.496 e.